The van der Waals surface area contributed by atoms with Gasteiger partial charge in [0.1, 0.15) is 6.61 Å². The molecular weight excluding hydrogens is 488 g/mol. The van der Waals surface area contributed by atoms with E-state index in [1.807, 2.05) is 0 Å². The zero-order chi connectivity index (χ0) is 29.5. The van der Waals surface area contributed by atoms with Crippen molar-refractivity contribution in [2.75, 3.05) is 25.6 Å². The summed E-state index contributed by atoms with van der Waals surface area (Å²) in [4.78, 5) is 22.5. The Morgan fingerprint density at radius 1 is 1.00 bits per heavy atom. The summed E-state index contributed by atoms with van der Waals surface area (Å²) in [7, 11) is 1.34. The van der Waals surface area contributed by atoms with E-state index in [2.05, 4.69) is 93.3 Å². The second kappa shape index (κ2) is 23.3. The molecule has 0 heterocycles. The summed E-state index contributed by atoms with van der Waals surface area (Å²) in [6.07, 6.45) is 15.3. The standard InChI is InChI=1S/C30H50N2O.C3H6O3/c1-7-9-10-11-16-21-31-28-20-15-14-19-27(28)29(22-25(5)6)32-30(33)23-26(8-2)18-13-12-17-24(3)4;1-6-2-3(4)5/h14-15,17-20,25,29,31H,7-13,16,21-23H2,1-6H3,(H,32,33);2H2,1H3,(H,4,5)/b26-18+;. The maximum atomic E-state index is 13.0. The quantitative estimate of drug-likeness (QED) is 0.120. The van der Waals surface area contributed by atoms with Crippen molar-refractivity contribution in [3.63, 3.8) is 0 Å². The van der Waals surface area contributed by atoms with Gasteiger partial charge in [0, 0.05) is 25.8 Å². The Balaban J connectivity index is 0.00000215. The van der Waals surface area contributed by atoms with E-state index in [1.165, 1.54) is 55.9 Å². The fourth-order valence-electron chi connectivity index (χ4n) is 4.22. The second-order valence-corrected chi connectivity index (χ2v) is 10.8. The minimum Gasteiger partial charge on any atom is -0.480 e. The fourth-order valence-corrected chi connectivity index (χ4v) is 4.22. The van der Waals surface area contributed by atoms with Crippen LogP contribution in [0.1, 0.15) is 117 Å². The summed E-state index contributed by atoms with van der Waals surface area (Å²) in [5.74, 6) is -0.300. The number of methoxy groups -OCH3 is 1. The Hall–Kier alpha value is -2.60. The molecule has 0 aromatic heterocycles. The van der Waals surface area contributed by atoms with Crippen molar-refractivity contribution >= 4 is 17.6 Å². The summed E-state index contributed by atoms with van der Waals surface area (Å²) < 4.78 is 4.20. The number of carbonyl (C=O) groups is 2. The van der Waals surface area contributed by atoms with Crippen LogP contribution in [0.15, 0.2) is 47.6 Å². The molecule has 3 N–H and O–H groups in total. The van der Waals surface area contributed by atoms with E-state index in [1.54, 1.807) is 0 Å². The van der Waals surface area contributed by atoms with Crippen LogP contribution in [0, 0.1) is 5.92 Å². The molecule has 0 aliphatic heterocycles. The van der Waals surface area contributed by atoms with E-state index in [0.717, 1.165) is 37.9 Å². The van der Waals surface area contributed by atoms with E-state index < -0.39 is 5.97 Å². The Kier molecular flexibility index (Phi) is 21.7. The lowest BCUT2D eigenvalue weighted by molar-refractivity contribution is -0.141. The molecule has 0 bridgehead atoms. The number of benzene rings is 1. The number of aliphatic carboxylic acids is 1. The molecular formula is C33H56N2O4. The summed E-state index contributed by atoms with van der Waals surface area (Å²) in [6.45, 7) is 13.9. The third kappa shape index (κ3) is 20.0. The number of unbranched alkanes of at least 4 members (excludes halogenated alkanes) is 5. The molecule has 0 fully saturated rings. The van der Waals surface area contributed by atoms with Crippen molar-refractivity contribution in [2.45, 2.75) is 112 Å². The SMILES string of the molecule is CCCCCCCNc1ccccc1C(CC(C)C)NC(=O)C/C(=C/CCC=C(C)C)CC.COCC(=O)O. The molecule has 1 amide bonds. The Morgan fingerprint density at radius 2 is 1.67 bits per heavy atom. The first-order valence-electron chi connectivity index (χ1n) is 14.8. The van der Waals surface area contributed by atoms with Gasteiger partial charge in [0.15, 0.2) is 0 Å². The first-order valence-corrected chi connectivity index (χ1v) is 14.8. The summed E-state index contributed by atoms with van der Waals surface area (Å²) in [5, 5.41) is 14.8. The van der Waals surface area contributed by atoms with Crippen LogP contribution in [0.4, 0.5) is 5.69 Å². The van der Waals surface area contributed by atoms with Gasteiger partial charge in [-0.1, -0.05) is 94.9 Å². The summed E-state index contributed by atoms with van der Waals surface area (Å²) in [5.41, 5.74) is 4.95. The van der Waals surface area contributed by atoms with Crippen LogP contribution in [0.25, 0.3) is 0 Å². The van der Waals surface area contributed by atoms with E-state index in [4.69, 9.17) is 5.11 Å². The topological polar surface area (TPSA) is 87.7 Å². The number of carbonyl (C=O) groups excluding carboxylic acids is 1. The zero-order valence-corrected chi connectivity index (χ0v) is 25.8. The molecule has 1 unspecified atom stereocenters. The molecule has 6 nitrogen and oxygen atoms in total. The van der Waals surface area contributed by atoms with E-state index in [-0.39, 0.29) is 18.6 Å². The van der Waals surface area contributed by atoms with Gasteiger partial charge in [0.25, 0.3) is 0 Å². The third-order valence-electron chi connectivity index (χ3n) is 6.24. The highest BCUT2D eigenvalue weighted by atomic mass is 16.5. The second-order valence-electron chi connectivity index (χ2n) is 10.8. The van der Waals surface area contributed by atoms with Crippen LogP contribution < -0.4 is 10.6 Å². The van der Waals surface area contributed by atoms with E-state index in [0.29, 0.717) is 12.3 Å². The van der Waals surface area contributed by atoms with Crippen molar-refractivity contribution in [3.8, 4) is 0 Å². The van der Waals surface area contributed by atoms with Crippen molar-refractivity contribution in [1.82, 2.24) is 5.32 Å². The average Bonchev–Trinajstić information content (AvgIpc) is 2.87. The lowest BCUT2D eigenvalue weighted by Crippen LogP contribution is -2.30. The largest absolute Gasteiger partial charge is 0.480 e. The summed E-state index contributed by atoms with van der Waals surface area (Å²) >= 11 is 0. The Labute approximate surface area is 238 Å². The molecule has 0 saturated heterocycles. The van der Waals surface area contributed by atoms with Crippen LogP contribution in [-0.4, -0.2) is 37.2 Å². The van der Waals surface area contributed by atoms with Gasteiger partial charge in [-0.3, -0.25) is 4.79 Å². The highest BCUT2D eigenvalue weighted by molar-refractivity contribution is 5.79. The maximum absolute atomic E-state index is 13.0. The third-order valence-corrected chi connectivity index (χ3v) is 6.24. The number of carboxylic acids is 1. The van der Waals surface area contributed by atoms with Crippen molar-refractivity contribution < 1.29 is 19.4 Å². The number of ether oxygens (including phenoxy) is 1. The molecule has 6 heteroatoms. The molecule has 0 radical (unpaired) electrons. The number of para-hydroxylation sites is 1. The molecule has 0 aliphatic carbocycles. The van der Waals surface area contributed by atoms with Gasteiger partial charge >= 0.3 is 5.97 Å². The molecule has 39 heavy (non-hydrogen) atoms. The lowest BCUT2D eigenvalue weighted by Gasteiger charge is -2.24. The van der Waals surface area contributed by atoms with E-state index in [9.17, 15) is 9.59 Å². The lowest BCUT2D eigenvalue weighted by atomic mass is 9.95. The van der Waals surface area contributed by atoms with Crippen LogP contribution in [0.2, 0.25) is 0 Å². The van der Waals surface area contributed by atoms with Gasteiger partial charge < -0.3 is 20.5 Å². The zero-order valence-electron chi connectivity index (χ0n) is 25.8. The number of amides is 1. The minimum absolute atomic E-state index is 0.0325. The highest BCUT2D eigenvalue weighted by Crippen LogP contribution is 2.28. The van der Waals surface area contributed by atoms with E-state index >= 15 is 0 Å². The predicted octanol–water partition coefficient (Wildman–Crippen LogP) is 8.46. The number of hydrogen-bond donors (Lipinski definition) is 3. The number of hydrogen-bond acceptors (Lipinski definition) is 4. The summed E-state index contributed by atoms with van der Waals surface area (Å²) in [6, 6.07) is 8.53. The van der Waals surface area contributed by atoms with Gasteiger partial charge in [0.2, 0.25) is 5.91 Å². The van der Waals surface area contributed by atoms with Gasteiger partial charge in [-0.2, -0.15) is 0 Å². The van der Waals surface area contributed by atoms with Crippen LogP contribution in [0.5, 0.6) is 0 Å². The molecule has 222 valence electrons. The van der Waals surface area contributed by atoms with Crippen LogP contribution in [0.3, 0.4) is 0 Å². The molecule has 1 rings (SSSR count). The Bertz CT molecular complexity index is 857. The Morgan fingerprint density at radius 3 is 2.23 bits per heavy atom. The number of rotatable bonds is 19. The van der Waals surface area contributed by atoms with Crippen LogP contribution >= 0.6 is 0 Å². The molecule has 1 atom stereocenters. The van der Waals surface area contributed by atoms with Gasteiger partial charge in [-0.15, -0.1) is 0 Å². The predicted molar refractivity (Wildman–Crippen MR) is 165 cm³/mol. The first kappa shape index (κ1) is 36.4. The minimum atomic E-state index is -0.933. The first-order chi connectivity index (χ1) is 18.6. The molecule has 0 spiro atoms. The number of anilines is 1. The van der Waals surface area contributed by atoms with Crippen LogP contribution in [-0.2, 0) is 14.3 Å². The van der Waals surface area contributed by atoms with Gasteiger partial charge in [0.05, 0.1) is 6.04 Å². The molecule has 0 aliphatic rings. The monoisotopic (exact) mass is 544 g/mol. The van der Waals surface area contributed by atoms with Crippen molar-refractivity contribution in [3.05, 3.63) is 53.1 Å². The normalized spacial score (nSPS) is 11.8. The highest BCUT2D eigenvalue weighted by Gasteiger charge is 2.19. The molecule has 0 saturated carbocycles. The average molecular weight is 545 g/mol. The number of carboxylic acid groups (broad SMARTS) is 1. The fraction of sp³-hybridized carbons (Fsp3) is 0.636. The van der Waals surface area contributed by atoms with Crippen molar-refractivity contribution in [1.29, 1.82) is 0 Å². The number of nitrogens with one attached hydrogen (secondary N) is 2. The van der Waals surface area contributed by atoms with Gasteiger partial charge in [-0.05, 0) is 63.5 Å². The maximum Gasteiger partial charge on any atom is 0.329 e. The smallest absolute Gasteiger partial charge is 0.329 e. The molecule has 1 aromatic carbocycles. The molecule has 1 aromatic rings. The van der Waals surface area contributed by atoms with Gasteiger partial charge in [-0.25, -0.2) is 4.79 Å². The number of allylic oxidation sites excluding steroid dienone is 3. The van der Waals surface area contributed by atoms with Crippen molar-refractivity contribution in [2.24, 2.45) is 5.92 Å².